The molecule has 0 saturated carbocycles. The summed E-state index contributed by atoms with van der Waals surface area (Å²) in [4.78, 5) is 29.1. The SMILES string of the molecule is C=CCON=C(CCC)C1=C(O)CC(C(=O)OCC)CC1=O. The number of hydrogen-bond acceptors (Lipinski definition) is 6. The largest absolute Gasteiger partial charge is 0.511 e. The van der Waals surface area contributed by atoms with E-state index in [9.17, 15) is 14.7 Å². The molecule has 0 aromatic rings. The lowest BCUT2D eigenvalue weighted by Gasteiger charge is -2.22. The zero-order valence-electron chi connectivity index (χ0n) is 13.1. The Hall–Kier alpha value is -2.11. The number of hydrogen-bond donors (Lipinski definition) is 1. The van der Waals surface area contributed by atoms with Crippen LogP contribution >= 0.6 is 0 Å². The fraction of sp³-hybridized carbons (Fsp3) is 0.562. The van der Waals surface area contributed by atoms with E-state index in [4.69, 9.17) is 9.57 Å². The van der Waals surface area contributed by atoms with Crippen LogP contribution in [0.4, 0.5) is 0 Å². The van der Waals surface area contributed by atoms with Crippen LogP contribution in [0.15, 0.2) is 29.1 Å². The number of nitrogens with zero attached hydrogens (tertiary/aromatic N) is 1. The van der Waals surface area contributed by atoms with Gasteiger partial charge in [0.15, 0.2) is 5.78 Å². The number of carbonyl (C=O) groups excluding carboxylic acids is 2. The molecule has 1 N–H and O–H groups in total. The zero-order chi connectivity index (χ0) is 16.5. The van der Waals surface area contributed by atoms with E-state index >= 15 is 0 Å². The number of oxime groups is 1. The predicted molar refractivity (Wildman–Crippen MR) is 82.5 cm³/mol. The van der Waals surface area contributed by atoms with E-state index < -0.39 is 11.9 Å². The highest BCUT2D eigenvalue weighted by atomic mass is 16.6. The maximum atomic E-state index is 12.3. The van der Waals surface area contributed by atoms with Crippen LogP contribution in [0.1, 0.15) is 39.5 Å². The first-order valence-electron chi connectivity index (χ1n) is 7.47. The van der Waals surface area contributed by atoms with Gasteiger partial charge in [0.25, 0.3) is 0 Å². The Balaban J connectivity index is 2.97. The fourth-order valence-electron chi connectivity index (χ4n) is 2.27. The molecule has 6 heteroatoms. The molecule has 1 aliphatic carbocycles. The van der Waals surface area contributed by atoms with Crippen LogP contribution in [0, 0.1) is 5.92 Å². The van der Waals surface area contributed by atoms with E-state index in [0.29, 0.717) is 12.1 Å². The molecule has 1 aliphatic rings. The summed E-state index contributed by atoms with van der Waals surface area (Å²) in [5.74, 6) is -1.52. The first kappa shape index (κ1) is 17.9. The minimum atomic E-state index is -0.631. The van der Waals surface area contributed by atoms with Gasteiger partial charge in [-0.2, -0.15) is 0 Å². The molecule has 1 atom stereocenters. The Morgan fingerprint density at radius 2 is 2.18 bits per heavy atom. The van der Waals surface area contributed by atoms with Gasteiger partial charge in [-0.1, -0.05) is 31.2 Å². The lowest BCUT2D eigenvalue weighted by Crippen LogP contribution is -2.30. The molecular formula is C16H23NO5. The van der Waals surface area contributed by atoms with Gasteiger partial charge in [0.1, 0.15) is 12.4 Å². The number of aliphatic hydroxyl groups is 1. The van der Waals surface area contributed by atoms with E-state index in [1.54, 1.807) is 13.0 Å². The van der Waals surface area contributed by atoms with Gasteiger partial charge in [-0.25, -0.2) is 0 Å². The molecule has 22 heavy (non-hydrogen) atoms. The number of allylic oxidation sites excluding steroid dienone is 2. The minimum absolute atomic E-state index is 0.0163. The zero-order valence-corrected chi connectivity index (χ0v) is 13.1. The summed E-state index contributed by atoms with van der Waals surface area (Å²) in [5, 5.41) is 14.1. The summed E-state index contributed by atoms with van der Waals surface area (Å²) in [6, 6.07) is 0. The molecule has 0 saturated heterocycles. The van der Waals surface area contributed by atoms with Crippen molar-refractivity contribution in [2.24, 2.45) is 11.1 Å². The summed E-state index contributed by atoms with van der Waals surface area (Å²) < 4.78 is 4.91. The Morgan fingerprint density at radius 1 is 1.45 bits per heavy atom. The molecule has 0 aromatic heterocycles. The van der Waals surface area contributed by atoms with Gasteiger partial charge in [0, 0.05) is 12.8 Å². The second-order valence-electron chi connectivity index (χ2n) is 4.97. The topological polar surface area (TPSA) is 85.2 Å². The molecular weight excluding hydrogens is 286 g/mol. The Kier molecular flexibility index (Phi) is 7.36. The van der Waals surface area contributed by atoms with Crippen LogP contribution in [-0.4, -0.2) is 35.8 Å². The molecule has 0 bridgehead atoms. The Bertz CT molecular complexity index is 493. The van der Waals surface area contributed by atoms with Crippen LogP contribution in [0.5, 0.6) is 0 Å². The van der Waals surface area contributed by atoms with Crippen molar-refractivity contribution in [2.45, 2.75) is 39.5 Å². The number of Topliss-reactive ketones (excluding diaryl/α,β-unsaturated/α-hetero) is 1. The number of esters is 1. The molecule has 6 nitrogen and oxygen atoms in total. The maximum Gasteiger partial charge on any atom is 0.309 e. The van der Waals surface area contributed by atoms with Crippen molar-refractivity contribution in [3.05, 3.63) is 24.0 Å². The van der Waals surface area contributed by atoms with Crippen LogP contribution in [-0.2, 0) is 19.2 Å². The van der Waals surface area contributed by atoms with Crippen LogP contribution in [0.2, 0.25) is 0 Å². The number of aliphatic hydroxyl groups excluding tert-OH is 1. The fourth-order valence-corrected chi connectivity index (χ4v) is 2.27. The average molecular weight is 309 g/mol. The van der Waals surface area contributed by atoms with Crippen LogP contribution in [0.25, 0.3) is 0 Å². The average Bonchev–Trinajstić information content (AvgIpc) is 2.47. The second-order valence-corrected chi connectivity index (χ2v) is 4.97. The van der Waals surface area contributed by atoms with E-state index in [1.807, 2.05) is 6.92 Å². The van der Waals surface area contributed by atoms with E-state index in [-0.39, 0.29) is 43.2 Å². The third-order valence-corrected chi connectivity index (χ3v) is 3.20. The van der Waals surface area contributed by atoms with Crippen molar-refractivity contribution in [1.82, 2.24) is 0 Å². The third-order valence-electron chi connectivity index (χ3n) is 3.20. The summed E-state index contributed by atoms with van der Waals surface area (Å²) in [7, 11) is 0. The first-order valence-corrected chi connectivity index (χ1v) is 7.47. The number of carbonyl (C=O) groups is 2. The highest BCUT2D eigenvalue weighted by Gasteiger charge is 2.34. The minimum Gasteiger partial charge on any atom is -0.511 e. The molecule has 1 rings (SSSR count). The molecule has 0 spiro atoms. The first-order chi connectivity index (χ1) is 10.5. The van der Waals surface area contributed by atoms with Crippen LogP contribution < -0.4 is 0 Å². The Morgan fingerprint density at radius 3 is 2.73 bits per heavy atom. The molecule has 0 heterocycles. The highest BCUT2D eigenvalue weighted by Crippen LogP contribution is 2.28. The maximum absolute atomic E-state index is 12.3. The standard InChI is InChI=1S/C16H23NO5/c1-4-7-12(17-22-8-5-2)15-13(18)9-11(10-14(15)19)16(20)21-6-3/h5,11,18H,2,4,6-10H2,1,3H3. The number of ether oxygens (including phenoxy) is 1. The van der Waals surface area contributed by atoms with Crippen molar-refractivity contribution < 1.29 is 24.3 Å². The van der Waals surface area contributed by atoms with E-state index in [2.05, 4.69) is 11.7 Å². The van der Waals surface area contributed by atoms with Crippen molar-refractivity contribution in [2.75, 3.05) is 13.2 Å². The number of rotatable bonds is 8. The van der Waals surface area contributed by atoms with Crippen LogP contribution in [0.3, 0.4) is 0 Å². The smallest absolute Gasteiger partial charge is 0.309 e. The lowest BCUT2D eigenvalue weighted by molar-refractivity contribution is -0.149. The Labute approximate surface area is 130 Å². The quantitative estimate of drug-likeness (QED) is 0.245. The summed E-state index contributed by atoms with van der Waals surface area (Å²) >= 11 is 0. The molecule has 0 amide bonds. The van der Waals surface area contributed by atoms with E-state index in [1.165, 1.54) is 0 Å². The van der Waals surface area contributed by atoms with Gasteiger partial charge in [0.2, 0.25) is 0 Å². The predicted octanol–water partition coefficient (Wildman–Crippen LogP) is 2.70. The van der Waals surface area contributed by atoms with Crippen molar-refractivity contribution >= 4 is 17.5 Å². The van der Waals surface area contributed by atoms with Crippen molar-refractivity contribution in [3.63, 3.8) is 0 Å². The van der Waals surface area contributed by atoms with Gasteiger partial charge in [-0.15, -0.1) is 0 Å². The summed E-state index contributed by atoms with van der Waals surface area (Å²) in [6.07, 6.45) is 2.90. The van der Waals surface area contributed by atoms with Crippen molar-refractivity contribution in [1.29, 1.82) is 0 Å². The summed E-state index contributed by atoms with van der Waals surface area (Å²) in [6.45, 7) is 7.63. The van der Waals surface area contributed by atoms with Gasteiger partial charge < -0.3 is 14.7 Å². The van der Waals surface area contributed by atoms with Gasteiger partial charge >= 0.3 is 5.97 Å². The second kappa shape index (κ2) is 9.02. The van der Waals surface area contributed by atoms with E-state index in [0.717, 1.165) is 6.42 Å². The molecule has 122 valence electrons. The normalized spacial score (nSPS) is 19.1. The van der Waals surface area contributed by atoms with Gasteiger partial charge in [-0.3, -0.25) is 9.59 Å². The summed E-state index contributed by atoms with van der Waals surface area (Å²) in [5.41, 5.74) is 0.584. The third kappa shape index (κ3) is 4.72. The number of ketones is 1. The molecule has 1 unspecified atom stereocenters. The molecule has 0 radical (unpaired) electrons. The monoisotopic (exact) mass is 309 g/mol. The molecule has 0 fully saturated rings. The molecule has 0 aromatic carbocycles. The molecule has 0 aliphatic heterocycles. The highest BCUT2D eigenvalue weighted by molar-refractivity contribution is 6.23. The van der Waals surface area contributed by atoms with Gasteiger partial charge in [0.05, 0.1) is 23.8 Å². The van der Waals surface area contributed by atoms with Gasteiger partial charge in [-0.05, 0) is 13.3 Å². The van der Waals surface area contributed by atoms with Crippen molar-refractivity contribution in [3.8, 4) is 0 Å². The lowest BCUT2D eigenvalue weighted by atomic mass is 9.84.